The van der Waals surface area contributed by atoms with Crippen LogP contribution in [-0.2, 0) is 11.3 Å². The van der Waals surface area contributed by atoms with Crippen molar-refractivity contribution < 1.29 is 9.32 Å². The lowest BCUT2D eigenvalue weighted by Gasteiger charge is -2.09. The number of aryl methyl sites for hydroxylation is 1. The van der Waals surface area contributed by atoms with Crippen LogP contribution in [0.15, 0.2) is 28.1 Å². The predicted octanol–water partition coefficient (Wildman–Crippen LogP) is 1.36. The molecule has 3 N–H and O–H groups in total. The zero-order chi connectivity index (χ0) is 12.3. The van der Waals surface area contributed by atoms with E-state index in [9.17, 15) is 4.79 Å². The van der Waals surface area contributed by atoms with E-state index in [4.69, 9.17) is 10.3 Å². The molecule has 0 saturated carbocycles. The van der Waals surface area contributed by atoms with Gasteiger partial charge in [0.05, 0.1) is 6.54 Å². The molecular formula is C11H13N3O2S. The Labute approximate surface area is 103 Å². The summed E-state index contributed by atoms with van der Waals surface area (Å²) in [5, 5.41) is 8.39. The van der Waals surface area contributed by atoms with Crippen molar-refractivity contribution in [1.82, 2.24) is 10.5 Å². The Morgan fingerprint density at radius 3 is 3.12 bits per heavy atom. The molecule has 1 unspecified atom stereocenters. The first-order chi connectivity index (χ1) is 8.16. The number of amides is 1. The van der Waals surface area contributed by atoms with Gasteiger partial charge < -0.3 is 15.6 Å². The van der Waals surface area contributed by atoms with Gasteiger partial charge in [-0.3, -0.25) is 4.79 Å². The molecule has 2 heterocycles. The van der Waals surface area contributed by atoms with Crippen molar-refractivity contribution in [3.63, 3.8) is 0 Å². The predicted molar refractivity (Wildman–Crippen MR) is 64.3 cm³/mol. The van der Waals surface area contributed by atoms with Crippen LogP contribution < -0.4 is 11.1 Å². The first kappa shape index (κ1) is 11.8. The summed E-state index contributed by atoms with van der Waals surface area (Å²) < 4.78 is 4.90. The molecule has 0 aromatic carbocycles. The third kappa shape index (κ3) is 2.92. The molecule has 2 rings (SSSR count). The Balaban J connectivity index is 1.89. The molecule has 0 fully saturated rings. The molecule has 5 nitrogen and oxygen atoms in total. The Kier molecular flexibility index (Phi) is 3.55. The summed E-state index contributed by atoms with van der Waals surface area (Å²) in [7, 11) is 0. The van der Waals surface area contributed by atoms with Gasteiger partial charge >= 0.3 is 0 Å². The van der Waals surface area contributed by atoms with Crippen molar-refractivity contribution >= 4 is 17.2 Å². The minimum Gasteiger partial charge on any atom is -0.361 e. The molecule has 0 aliphatic heterocycles. The number of carbonyl (C=O) groups is 1. The van der Waals surface area contributed by atoms with E-state index in [1.54, 1.807) is 13.0 Å². The van der Waals surface area contributed by atoms with E-state index in [0.29, 0.717) is 12.2 Å². The fourth-order valence-corrected chi connectivity index (χ4v) is 2.11. The SMILES string of the molecule is Cc1cc(CNC(=O)C(N)c2cccs2)no1. The number of rotatable bonds is 4. The zero-order valence-corrected chi connectivity index (χ0v) is 10.2. The molecule has 0 bridgehead atoms. The lowest BCUT2D eigenvalue weighted by Crippen LogP contribution is -2.33. The average Bonchev–Trinajstić information content (AvgIpc) is 2.95. The van der Waals surface area contributed by atoms with E-state index in [2.05, 4.69) is 10.5 Å². The van der Waals surface area contributed by atoms with Gasteiger partial charge in [-0.05, 0) is 18.4 Å². The van der Waals surface area contributed by atoms with Crippen LogP contribution in [0.5, 0.6) is 0 Å². The fourth-order valence-electron chi connectivity index (χ4n) is 1.39. The lowest BCUT2D eigenvalue weighted by atomic mass is 10.2. The van der Waals surface area contributed by atoms with Crippen LogP contribution in [0.25, 0.3) is 0 Å². The van der Waals surface area contributed by atoms with Crippen LogP contribution >= 0.6 is 11.3 Å². The second-order valence-corrected chi connectivity index (χ2v) is 4.62. The van der Waals surface area contributed by atoms with Crippen LogP contribution in [0.4, 0.5) is 0 Å². The molecule has 0 spiro atoms. The number of nitrogens with two attached hydrogens (primary N) is 1. The van der Waals surface area contributed by atoms with Gasteiger partial charge in [0.2, 0.25) is 5.91 Å². The first-order valence-electron chi connectivity index (χ1n) is 5.15. The zero-order valence-electron chi connectivity index (χ0n) is 9.34. The third-order valence-electron chi connectivity index (χ3n) is 2.25. The molecule has 0 aliphatic carbocycles. The second kappa shape index (κ2) is 5.11. The number of nitrogens with zero attached hydrogens (tertiary/aromatic N) is 1. The van der Waals surface area contributed by atoms with E-state index in [-0.39, 0.29) is 5.91 Å². The smallest absolute Gasteiger partial charge is 0.242 e. The Hall–Kier alpha value is -1.66. The molecule has 2 aromatic heterocycles. The third-order valence-corrected chi connectivity index (χ3v) is 3.21. The minimum atomic E-state index is -0.622. The van der Waals surface area contributed by atoms with E-state index in [1.807, 2.05) is 17.5 Å². The lowest BCUT2D eigenvalue weighted by molar-refractivity contribution is -0.122. The number of carbonyl (C=O) groups excluding carboxylic acids is 1. The molecule has 2 aromatic rings. The molecule has 90 valence electrons. The minimum absolute atomic E-state index is 0.215. The molecular weight excluding hydrogens is 238 g/mol. The summed E-state index contributed by atoms with van der Waals surface area (Å²) >= 11 is 1.47. The van der Waals surface area contributed by atoms with E-state index >= 15 is 0 Å². The highest BCUT2D eigenvalue weighted by molar-refractivity contribution is 7.10. The highest BCUT2D eigenvalue weighted by atomic mass is 32.1. The van der Waals surface area contributed by atoms with Gasteiger partial charge in [0.15, 0.2) is 0 Å². The summed E-state index contributed by atoms with van der Waals surface area (Å²) in [4.78, 5) is 12.6. The van der Waals surface area contributed by atoms with Crippen molar-refractivity contribution in [3.05, 3.63) is 39.9 Å². The monoisotopic (exact) mass is 251 g/mol. The number of thiophene rings is 1. The largest absolute Gasteiger partial charge is 0.361 e. The van der Waals surface area contributed by atoms with Crippen LogP contribution in [0, 0.1) is 6.92 Å². The van der Waals surface area contributed by atoms with E-state index in [1.165, 1.54) is 11.3 Å². The molecule has 1 amide bonds. The molecule has 0 saturated heterocycles. The van der Waals surface area contributed by atoms with Gasteiger partial charge in [0.25, 0.3) is 0 Å². The van der Waals surface area contributed by atoms with Crippen molar-refractivity contribution in [1.29, 1.82) is 0 Å². The maximum absolute atomic E-state index is 11.7. The van der Waals surface area contributed by atoms with Gasteiger partial charge in [-0.2, -0.15) is 0 Å². The van der Waals surface area contributed by atoms with Gasteiger partial charge in [-0.25, -0.2) is 0 Å². The highest BCUT2D eigenvalue weighted by Crippen LogP contribution is 2.16. The molecule has 1 atom stereocenters. The maximum Gasteiger partial charge on any atom is 0.242 e. The maximum atomic E-state index is 11.7. The van der Waals surface area contributed by atoms with Crippen LogP contribution in [0.1, 0.15) is 22.4 Å². The van der Waals surface area contributed by atoms with Crippen molar-refractivity contribution in [3.8, 4) is 0 Å². The van der Waals surface area contributed by atoms with Gasteiger partial charge in [0, 0.05) is 10.9 Å². The molecule has 0 radical (unpaired) electrons. The quantitative estimate of drug-likeness (QED) is 0.859. The van der Waals surface area contributed by atoms with Crippen LogP contribution in [-0.4, -0.2) is 11.1 Å². The molecule has 0 aliphatic rings. The van der Waals surface area contributed by atoms with Crippen molar-refractivity contribution in [2.45, 2.75) is 19.5 Å². The van der Waals surface area contributed by atoms with Crippen molar-refractivity contribution in [2.24, 2.45) is 5.73 Å². The van der Waals surface area contributed by atoms with Crippen LogP contribution in [0.3, 0.4) is 0 Å². The second-order valence-electron chi connectivity index (χ2n) is 3.64. The van der Waals surface area contributed by atoms with Crippen molar-refractivity contribution in [2.75, 3.05) is 0 Å². The number of hydrogen-bond acceptors (Lipinski definition) is 5. The van der Waals surface area contributed by atoms with Gasteiger partial charge in [-0.15, -0.1) is 11.3 Å². The average molecular weight is 251 g/mol. The summed E-state index contributed by atoms with van der Waals surface area (Å²) in [5.41, 5.74) is 6.50. The summed E-state index contributed by atoms with van der Waals surface area (Å²) in [6.45, 7) is 2.13. The number of hydrogen-bond donors (Lipinski definition) is 2. The topological polar surface area (TPSA) is 81.2 Å². The molecule has 6 heteroatoms. The van der Waals surface area contributed by atoms with E-state index < -0.39 is 6.04 Å². The highest BCUT2D eigenvalue weighted by Gasteiger charge is 2.16. The van der Waals surface area contributed by atoms with Gasteiger partial charge in [0.1, 0.15) is 17.5 Å². The van der Waals surface area contributed by atoms with Gasteiger partial charge in [-0.1, -0.05) is 11.2 Å². The summed E-state index contributed by atoms with van der Waals surface area (Å²) in [6, 6.07) is 4.86. The van der Waals surface area contributed by atoms with Crippen LogP contribution in [0.2, 0.25) is 0 Å². The normalized spacial score (nSPS) is 12.4. The molecule has 17 heavy (non-hydrogen) atoms. The first-order valence-corrected chi connectivity index (χ1v) is 6.03. The standard InChI is InChI=1S/C11H13N3O2S/c1-7-5-8(14-16-7)6-13-11(15)10(12)9-3-2-4-17-9/h2-5,10H,6,12H2,1H3,(H,13,15). The fraction of sp³-hybridized carbons (Fsp3) is 0.273. The Morgan fingerprint density at radius 1 is 1.71 bits per heavy atom. The summed E-state index contributed by atoms with van der Waals surface area (Å²) in [6.07, 6.45) is 0. The number of nitrogens with one attached hydrogen (secondary N) is 1. The Bertz CT molecular complexity index is 493. The summed E-state index contributed by atoms with van der Waals surface area (Å²) in [5.74, 6) is 0.505. The van der Waals surface area contributed by atoms with E-state index in [0.717, 1.165) is 10.6 Å². The Morgan fingerprint density at radius 2 is 2.53 bits per heavy atom. The number of aromatic nitrogens is 1.